The number of hydroxylamine groups is 4. The highest BCUT2D eigenvalue weighted by Crippen LogP contribution is 2.35. The normalized spacial score (nSPS) is 22.9. The van der Waals surface area contributed by atoms with Crippen LogP contribution in [-0.2, 0) is 59.1 Å². The Hall–Kier alpha value is -4.65. The van der Waals surface area contributed by atoms with Crippen molar-refractivity contribution in [2.75, 3.05) is 19.9 Å². The minimum Gasteiger partial charge on any atom is -0.427 e. The molecule has 0 aliphatic carbocycles. The van der Waals surface area contributed by atoms with Gasteiger partial charge in [-0.1, -0.05) is 30.3 Å². The lowest BCUT2D eigenvalue weighted by atomic mass is 10.0. The van der Waals surface area contributed by atoms with E-state index in [0.717, 1.165) is 37.7 Å². The number of para-hydroxylation sites is 1. The topological polar surface area (TPSA) is 239 Å². The number of thiophene rings is 2. The molecule has 23 heteroatoms. The number of hydrogen-bond donors (Lipinski definition) is 1. The molecule has 4 bridgehead atoms. The van der Waals surface area contributed by atoms with Crippen LogP contribution in [0.1, 0.15) is 31.2 Å². The van der Waals surface area contributed by atoms with Crippen LogP contribution in [0, 0.1) is 0 Å². The number of esters is 3. The van der Waals surface area contributed by atoms with Gasteiger partial charge in [0.1, 0.15) is 32.3 Å². The van der Waals surface area contributed by atoms with Crippen LogP contribution in [0.15, 0.2) is 67.7 Å². The van der Waals surface area contributed by atoms with Gasteiger partial charge in [0.05, 0.1) is 12.1 Å². The van der Waals surface area contributed by atoms with Gasteiger partial charge < -0.3 is 29.7 Å². The number of carbonyl (C=O) groups excluding carboxylic acids is 5. The van der Waals surface area contributed by atoms with Crippen LogP contribution in [0.25, 0.3) is 0 Å². The van der Waals surface area contributed by atoms with Crippen molar-refractivity contribution in [3.8, 4) is 5.75 Å². The Bertz CT molecular complexity index is 2180. The molecule has 55 heavy (non-hydrogen) atoms. The van der Waals surface area contributed by atoms with Gasteiger partial charge in [-0.25, -0.2) is 19.2 Å². The van der Waals surface area contributed by atoms with Crippen molar-refractivity contribution in [1.82, 2.24) is 19.9 Å². The molecule has 1 aromatic carbocycles. The van der Waals surface area contributed by atoms with Crippen LogP contribution in [0.3, 0.4) is 0 Å². The van der Waals surface area contributed by atoms with E-state index in [1.54, 1.807) is 29.0 Å². The molecular formula is C32H33N5O14S4. The van der Waals surface area contributed by atoms with Crippen LogP contribution >= 0.6 is 22.7 Å². The van der Waals surface area contributed by atoms with Gasteiger partial charge in [-0.3, -0.25) is 4.79 Å². The average molecular weight is 840 g/mol. The van der Waals surface area contributed by atoms with Gasteiger partial charge in [0.2, 0.25) is 6.79 Å². The SMILES string of the molecule is NC(Cc1ccccc1OC(=O)C1CCC2CN1C(=O)N2OS(=O)(=O)c1cccs1)C(=O)OCOC(=O)C1CCC2CN1C(=O)N2OS(=O)(=O)c1cccs1. The van der Waals surface area contributed by atoms with E-state index < -0.39 is 87.2 Å². The molecule has 0 radical (unpaired) electrons. The zero-order valence-electron chi connectivity index (χ0n) is 28.5. The molecule has 4 aliphatic heterocycles. The fourth-order valence-corrected chi connectivity index (χ4v) is 10.5. The van der Waals surface area contributed by atoms with E-state index >= 15 is 0 Å². The first-order valence-corrected chi connectivity index (χ1v) is 21.4. The highest BCUT2D eigenvalue weighted by Gasteiger charge is 2.51. The summed E-state index contributed by atoms with van der Waals surface area (Å²) in [4.78, 5) is 67.5. The first-order chi connectivity index (χ1) is 26.2. The molecule has 5 unspecified atom stereocenters. The number of amides is 4. The molecule has 19 nitrogen and oxygen atoms in total. The molecule has 2 N–H and O–H groups in total. The number of urea groups is 2. The summed E-state index contributed by atoms with van der Waals surface area (Å²) in [5.74, 6) is -2.55. The van der Waals surface area contributed by atoms with E-state index in [9.17, 15) is 40.8 Å². The second-order valence-electron chi connectivity index (χ2n) is 12.8. The fourth-order valence-electron chi connectivity index (χ4n) is 6.66. The Labute approximate surface area is 322 Å². The second-order valence-corrected chi connectivity index (χ2v) is 18.2. The Morgan fingerprint density at radius 2 is 1.25 bits per heavy atom. The third-order valence-electron chi connectivity index (χ3n) is 9.36. The van der Waals surface area contributed by atoms with E-state index in [-0.39, 0.29) is 59.4 Å². The van der Waals surface area contributed by atoms with Crippen LogP contribution < -0.4 is 10.5 Å². The van der Waals surface area contributed by atoms with Crippen LogP contribution in [0.2, 0.25) is 0 Å². The Morgan fingerprint density at radius 1 is 0.727 bits per heavy atom. The van der Waals surface area contributed by atoms with E-state index in [4.69, 9.17) is 28.5 Å². The number of piperidine rings is 2. The summed E-state index contributed by atoms with van der Waals surface area (Å²) in [6, 6.07) is 5.81. The first kappa shape index (κ1) is 38.6. The van der Waals surface area contributed by atoms with E-state index in [2.05, 4.69) is 0 Å². The van der Waals surface area contributed by atoms with E-state index in [1.807, 2.05) is 0 Å². The summed E-state index contributed by atoms with van der Waals surface area (Å²) >= 11 is 1.87. The van der Waals surface area contributed by atoms with Gasteiger partial charge >= 0.3 is 50.2 Å². The van der Waals surface area contributed by atoms with Crippen molar-refractivity contribution in [3.05, 3.63) is 64.9 Å². The molecule has 3 aromatic rings. The molecule has 0 saturated carbocycles. The van der Waals surface area contributed by atoms with Crippen molar-refractivity contribution in [2.45, 2.75) is 70.7 Å². The van der Waals surface area contributed by atoms with E-state index in [1.165, 1.54) is 35.2 Å². The summed E-state index contributed by atoms with van der Waals surface area (Å²) in [5, 5.41) is 4.64. The molecule has 294 valence electrons. The number of hydrogen-bond acceptors (Lipinski definition) is 17. The van der Waals surface area contributed by atoms with Crippen molar-refractivity contribution in [3.63, 3.8) is 0 Å². The number of rotatable bonds is 14. The third-order valence-corrected chi connectivity index (χ3v) is 14.5. The van der Waals surface area contributed by atoms with Crippen molar-refractivity contribution in [1.29, 1.82) is 0 Å². The van der Waals surface area contributed by atoms with Crippen molar-refractivity contribution in [2.24, 2.45) is 5.73 Å². The number of nitrogens with zero attached hydrogens (tertiary/aromatic N) is 4. The molecule has 6 heterocycles. The summed E-state index contributed by atoms with van der Waals surface area (Å²) in [5.41, 5.74) is 6.44. The zero-order chi connectivity index (χ0) is 39.1. The van der Waals surface area contributed by atoms with Gasteiger partial charge in [-0.2, -0.15) is 27.0 Å². The maximum absolute atomic E-state index is 13.4. The molecule has 5 atom stereocenters. The lowest BCUT2D eigenvalue weighted by molar-refractivity contribution is -0.171. The summed E-state index contributed by atoms with van der Waals surface area (Å²) < 4.78 is 76.5. The summed E-state index contributed by atoms with van der Waals surface area (Å²) in [6.45, 7) is -0.751. The van der Waals surface area contributed by atoms with Crippen LogP contribution in [0.5, 0.6) is 5.75 Å². The monoisotopic (exact) mass is 839 g/mol. The molecule has 4 amide bonds. The van der Waals surface area contributed by atoms with Gasteiger partial charge in [0, 0.05) is 19.5 Å². The fraction of sp³-hybridized carbons (Fsp3) is 0.406. The summed E-state index contributed by atoms with van der Waals surface area (Å²) in [6.07, 6.45) is 0.684. The van der Waals surface area contributed by atoms with Gasteiger partial charge in [0.25, 0.3) is 0 Å². The largest absolute Gasteiger partial charge is 0.427 e. The Kier molecular flexibility index (Phi) is 10.9. The minimum absolute atomic E-state index is 0.0238. The van der Waals surface area contributed by atoms with Gasteiger partial charge in [-0.15, -0.1) is 31.2 Å². The number of ether oxygens (including phenoxy) is 3. The van der Waals surface area contributed by atoms with E-state index in [0.29, 0.717) is 5.56 Å². The number of nitrogens with two attached hydrogens (primary N) is 1. The third kappa shape index (κ3) is 7.90. The molecule has 0 spiro atoms. The van der Waals surface area contributed by atoms with Crippen LogP contribution in [0.4, 0.5) is 9.59 Å². The van der Waals surface area contributed by atoms with Crippen molar-refractivity contribution >= 4 is 72.9 Å². The first-order valence-electron chi connectivity index (χ1n) is 16.8. The highest BCUT2D eigenvalue weighted by molar-refractivity contribution is 7.89. The summed E-state index contributed by atoms with van der Waals surface area (Å²) in [7, 11) is -8.49. The van der Waals surface area contributed by atoms with Gasteiger partial charge in [0.15, 0.2) is 0 Å². The number of fused-ring (bicyclic) bond motifs is 4. The predicted octanol–water partition coefficient (Wildman–Crippen LogP) is 1.81. The number of carbonyl (C=O) groups is 5. The Morgan fingerprint density at radius 3 is 1.78 bits per heavy atom. The quantitative estimate of drug-likeness (QED) is 0.138. The van der Waals surface area contributed by atoms with Crippen LogP contribution in [-0.4, -0.2) is 117 Å². The lowest BCUT2D eigenvalue weighted by Crippen LogP contribution is -2.47. The standard InChI is InChI=1S/C32H33N5O14S4/c33-22(28(38)47-18-48-29(39)23-11-9-20-16-34(23)31(41)36(20)50-54(43,44)26-7-3-13-52-26)15-19-5-1-2-6-25(19)49-30(40)24-12-10-21-17-35(24)32(42)37(21)51-55(45,46)27-8-4-14-53-27/h1-8,13-14,20-24H,9-12,15-18,33H2. The zero-order valence-corrected chi connectivity index (χ0v) is 31.8. The Balaban J connectivity index is 0.891. The van der Waals surface area contributed by atoms with Gasteiger partial charge in [-0.05, 0) is 60.2 Å². The maximum Gasteiger partial charge on any atom is 0.346 e. The molecule has 2 aromatic heterocycles. The van der Waals surface area contributed by atoms with Crippen molar-refractivity contribution < 1.29 is 63.6 Å². The molecule has 4 aliphatic rings. The number of benzene rings is 1. The average Bonchev–Trinajstić information content (AvgIpc) is 3.98. The minimum atomic E-state index is -4.24. The molecular weight excluding hydrogens is 807 g/mol. The molecule has 4 saturated heterocycles. The molecule has 7 rings (SSSR count). The smallest absolute Gasteiger partial charge is 0.346 e. The lowest BCUT2D eigenvalue weighted by Gasteiger charge is -2.28. The molecule has 4 fully saturated rings. The predicted molar refractivity (Wildman–Crippen MR) is 187 cm³/mol. The second kappa shape index (κ2) is 15.5. The maximum atomic E-state index is 13.4. The highest BCUT2D eigenvalue weighted by atomic mass is 32.3.